The number of ether oxygens (including phenoxy) is 1. The fraction of sp³-hybridized carbons (Fsp3) is 0.462. The monoisotopic (exact) mass is 363 g/mol. The maximum atomic E-state index is 9.74. The Kier molecular flexibility index (Phi) is 6.58. The summed E-state index contributed by atoms with van der Waals surface area (Å²) in [6, 6.07) is 3.58. The summed E-state index contributed by atoms with van der Waals surface area (Å²) >= 11 is 3.30. The lowest BCUT2D eigenvalue weighted by molar-refractivity contribution is 0.159. The molecule has 1 aliphatic heterocycles. The number of hydrazone groups is 1. The zero-order valence-corrected chi connectivity index (χ0v) is 13.9. The van der Waals surface area contributed by atoms with Crippen LogP contribution in [0.3, 0.4) is 0 Å². The number of hydrogen-bond acceptors (Lipinski definition) is 5. The van der Waals surface area contributed by atoms with Crippen LogP contribution in [0.4, 0.5) is 0 Å². The van der Waals surface area contributed by atoms with Crippen molar-refractivity contribution in [2.45, 2.75) is 0 Å². The van der Waals surface area contributed by atoms with E-state index in [2.05, 4.69) is 33.0 Å². The van der Waals surface area contributed by atoms with Gasteiger partial charge in [-0.1, -0.05) is 0 Å². The molecular formula is C13H19BrClN3O2. The maximum Gasteiger partial charge on any atom is 0.172 e. The van der Waals surface area contributed by atoms with Crippen molar-refractivity contribution < 1.29 is 9.84 Å². The van der Waals surface area contributed by atoms with Crippen molar-refractivity contribution in [3.8, 4) is 11.5 Å². The van der Waals surface area contributed by atoms with Gasteiger partial charge >= 0.3 is 0 Å². The summed E-state index contributed by atoms with van der Waals surface area (Å²) in [7, 11) is 3.64. The molecule has 1 aliphatic rings. The molecule has 0 amide bonds. The smallest absolute Gasteiger partial charge is 0.172 e. The van der Waals surface area contributed by atoms with Gasteiger partial charge in [-0.2, -0.15) is 5.10 Å². The van der Waals surface area contributed by atoms with Crippen LogP contribution < -0.4 is 4.74 Å². The second kappa shape index (κ2) is 7.71. The minimum absolute atomic E-state index is 0. The number of aromatic hydroxyl groups is 1. The Morgan fingerprint density at radius 3 is 2.55 bits per heavy atom. The van der Waals surface area contributed by atoms with E-state index in [1.165, 1.54) is 7.11 Å². The topological polar surface area (TPSA) is 48.3 Å². The third kappa shape index (κ3) is 4.26. The standard InChI is InChI=1S/C13H18BrN3O2.ClH/c1-16-3-5-17(6-4-16)15-9-10-7-11(14)13(18)12(8-10)19-2;/h7-9,18H,3-6H2,1-2H3;1H/b15-9+;. The Morgan fingerprint density at radius 2 is 1.95 bits per heavy atom. The summed E-state index contributed by atoms with van der Waals surface area (Å²) in [4.78, 5) is 2.28. The lowest BCUT2D eigenvalue weighted by atomic mass is 10.2. The van der Waals surface area contributed by atoms with Gasteiger partial charge in [-0.05, 0) is 40.7 Å². The second-order valence-corrected chi connectivity index (χ2v) is 5.41. The molecule has 1 aromatic rings. The van der Waals surface area contributed by atoms with Gasteiger partial charge in [0.15, 0.2) is 11.5 Å². The van der Waals surface area contributed by atoms with Gasteiger partial charge in [0.2, 0.25) is 0 Å². The largest absolute Gasteiger partial charge is 0.503 e. The minimum Gasteiger partial charge on any atom is -0.503 e. The molecule has 1 aromatic carbocycles. The first-order valence-electron chi connectivity index (χ1n) is 6.14. The van der Waals surface area contributed by atoms with Crippen LogP contribution in [0.25, 0.3) is 0 Å². The number of phenols is 1. The van der Waals surface area contributed by atoms with Crippen molar-refractivity contribution in [3.63, 3.8) is 0 Å². The van der Waals surface area contributed by atoms with Crippen LogP contribution in [0, 0.1) is 0 Å². The molecule has 2 rings (SSSR count). The molecule has 5 nitrogen and oxygen atoms in total. The quantitative estimate of drug-likeness (QED) is 0.835. The molecule has 0 aromatic heterocycles. The van der Waals surface area contributed by atoms with Crippen LogP contribution in [0.5, 0.6) is 11.5 Å². The first-order chi connectivity index (χ1) is 9.10. The molecule has 1 heterocycles. The molecule has 0 saturated carbocycles. The predicted molar refractivity (Wildman–Crippen MR) is 86.3 cm³/mol. The van der Waals surface area contributed by atoms with Gasteiger partial charge in [-0.25, -0.2) is 0 Å². The molecule has 1 saturated heterocycles. The van der Waals surface area contributed by atoms with Crippen LogP contribution >= 0.6 is 28.3 Å². The fourth-order valence-corrected chi connectivity index (χ4v) is 2.34. The number of methoxy groups -OCH3 is 1. The van der Waals surface area contributed by atoms with Crippen LogP contribution in [-0.2, 0) is 0 Å². The summed E-state index contributed by atoms with van der Waals surface area (Å²) in [6.45, 7) is 3.92. The van der Waals surface area contributed by atoms with E-state index in [1.807, 2.05) is 11.1 Å². The van der Waals surface area contributed by atoms with E-state index < -0.39 is 0 Å². The number of nitrogens with zero attached hydrogens (tertiary/aromatic N) is 3. The summed E-state index contributed by atoms with van der Waals surface area (Å²) < 4.78 is 5.71. The van der Waals surface area contributed by atoms with Crippen LogP contribution in [-0.4, -0.2) is 61.6 Å². The molecular weight excluding hydrogens is 346 g/mol. The highest BCUT2D eigenvalue weighted by Crippen LogP contribution is 2.34. The number of likely N-dealkylation sites (N-methyl/N-ethyl adjacent to an activating group) is 1. The van der Waals surface area contributed by atoms with Crippen LogP contribution in [0.15, 0.2) is 21.7 Å². The van der Waals surface area contributed by atoms with Crippen LogP contribution in [0.1, 0.15) is 5.56 Å². The highest BCUT2D eigenvalue weighted by molar-refractivity contribution is 9.10. The maximum absolute atomic E-state index is 9.74. The number of benzene rings is 1. The predicted octanol–water partition coefficient (Wildman–Crippen LogP) is 2.17. The zero-order chi connectivity index (χ0) is 13.8. The van der Waals surface area contributed by atoms with E-state index in [1.54, 1.807) is 12.3 Å². The Hall–Kier alpha value is -0.980. The van der Waals surface area contributed by atoms with Gasteiger partial charge in [-0.15, -0.1) is 12.4 Å². The average Bonchev–Trinajstić information content (AvgIpc) is 2.41. The average molecular weight is 365 g/mol. The Bertz CT molecular complexity index is 477. The third-order valence-corrected chi connectivity index (χ3v) is 3.72. The molecule has 20 heavy (non-hydrogen) atoms. The number of hydrogen-bond donors (Lipinski definition) is 1. The van der Waals surface area contributed by atoms with Gasteiger partial charge in [-0.3, -0.25) is 5.01 Å². The number of rotatable bonds is 3. The summed E-state index contributed by atoms with van der Waals surface area (Å²) in [5.41, 5.74) is 0.889. The lowest BCUT2D eigenvalue weighted by Crippen LogP contribution is -2.41. The van der Waals surface area contributed by atoms with Gasteiger partial charge in [0.25, 0.3) is 0 Å². The summed E-state index contributed by atoms with van der Waals surface area (Å²) in [5.74, 6) is 0.549. The third-order valence-electron chi connectivity index (χ3n) is 3.12. The van der Waals surface area contributed by atoms with E-state index in [0.717, 1.165) is 31.7 Å². The van der Waals surface area contributed by atoms with Crippen molar-refractivity contribution in [1.82, 2.24) is 9.91 Å². The van der Waals surface area contributed by atoms with Gasteiger partial charge in [0.05, 0.1) is 17.8 Å². The number of halogens is 2. The van der Waals surface area contributed by atoms with Gasteiger partial charge in [0, 0.05) is 26.2 Å². The van der Waals surface area contributed by atoms with Crippen molar-refractivity contribution in [2.24, 2.45) is 5.10 Å². The Labute approximate surface area is 133 Å². The summed E-state index contributed by atoms with van der Waals surface area (Å²) in [5, 5.41) is 16.2. The summed E-state index contributed by atoms with van der Waals surface area (Å²) in [6.07, 6.45) is 1.79. The molecule has 112 valence electrons. The molecule has 0 bridgehead atoms. The minimum atomic E-state index is 0. The fourth-order valence-electron chi connectivity index (χ4n) is 1.88. The van der Waals surface area contributed by atoms with Gasteiger partial charge < -0.3 is 14.7 Å². The van der Waals surface area contributed by atoms with E-state index in [0.29, 0.717) is 10.2 Å². The molecule has 0 radical (unpaired) electrons. The molecule has 0 atom stereocenters. The zero-order valence-electron chi connectivity index (χ0n) is 11.5. The van der Waals surface area contributed by atoms with Gasteiger partial charge in [0.1, 0.15) is 0 Å². The van der Waals surface area contributed by atoms with E-state index in [4.69, 9.17) is 4.74 Å². The Morgan fingerprint density at radius 1 is 1.30 bits per heavy atom. The van der Waals surface area contributed by atoms with Crippen molar-refractivity contribution >= 4 is 34.6 Å². The molecule has 0 spiro atoms. The molecule has 7 heteroatoms. The highest BCUT2D eigenvalue weighted by atomic mass is 79.9. The first-order valence-corrected chi connectivity index (χ1v) is 6.93. The van der Waals surface area contributed by atoms with Crippen molar-refractivity contribution in [3.05, 3.63) is 22.2 Å². The normalized spacial score (nSPS) is 16.2. The SMILES string of the molecule is COc1cc(/C=N/N2CCN(C)CC2)cc(Br)c1O.Cl. The van der Waals surface area contributed by atoms with E-state index in [9.17, 15) is 5.11 Å². The van der Waals surface area contributed by atoms with E-state index in [-0.39, 0.29) is 18.2 Å². The Balaban J connectivity index is 0.00000200. The highest BCUT2D eigenvalue weighted by Gasteiger charge is 2.11. The molecule has 0 unspecified atom stereocenters. The molecule has 1 N–H and O–H groups in total. The number of piperazine rings is 1. The molecule has 0 aliphatic carbocycles. The van der Waals surface area contributed by atoms with Crippen LogP contribution in [0.2, 0.25) is 0 Å². The first kappa shape index (κ1) is 17.1. The molecule has 1 fully saturated rings. The lowest BCUT2D eigenvalue weighted by Gasteiger charge is -2.30. The van der Waals surface area contributed by atoms with Crippen molar-refractivity contribution in [2.75, 3.05) is 40.3 Å². The van der Waals surface area contributed by atoms with Crippen molar-refractivity contribution in [1.29, 1.82) is 0 Å². The van der Waals surface area contributed by atoms with E-state index >= 15 is 0 Å². The number of phenolic OH excluding ortho intramolecular Hbond substituents is 1. The second-order valence-electron chi connectivity index (χ2n) is 4.56.